The lowest BCUT2D eigenvalue weighted by Crippen LogP contribution is -2.46. The molecule has 178 valence electrons. The summed E-state index contributed by atoms with van der Waals surface area (Å²) in [5.74, 6) is -0.445. The smallest absolute Gasteiger partial charge is 0.243 e. The van der Waals surface area contributed by atoms with Crippen molar-refractivity contribution in [2.75, 3.05) is 13.1 Å². The molecule has 1 amide bonds. The minimum absolute atomic E-state index is 0.0388. The molecule has 34 heavy (non-hydrogen) atoms. The van der Waals surface area contributed by atoms with Gasteiger partial charge in [0.25, 0.3) is 0 Å². The first-order valence-corrected chi connectivity index (χ1v) is 13.1. The zero-order valence-electron chi connectivity index (χ0n) is 19.1. The topological polar surface area (TPSA) is 70.6 Å². The number of benzene rings is 2. The van der Waals surface area contributed by atoms with Crippen LogP contribution in [0.5, 0.6) is 0 Å². The molecule has 1 aliphatic heterocycles. The minimum Gasteiger partial charge on any atom is -0.334 e. The van der Waals surface area contributed by atoms with Crippen molar-refractivity contribution in [3.05, 3.63) is 94.8 Å². The van der Waals surface area contributed by atoms with E-state index in [-0.39, 0.29) is 17.3 Å². The molecule has 1 fully saturated rings. The predicted molar refractivity (Wildman–Crippen MR) is 133 cm³/mol. The molecule has 0 spiro atoms. The van der Waals surface area contributed by atoms with Gasteiger partial charge < -0.3 is 4.90 Å². The maximum atomic E-state index is 13.7. The SMILES string of the molecule is Cc1ccccc1CN(Cc1cccnc1)C(=O)C1CCCN(S(=O)(=O)c2ccc(Cl)cc2)C1. The molecule has 6 nitrogen and oxygen atoms in total. The van der Waals surface area contributed by atoms with Crippen LogP contribution in [-0.4, -0.2) is 41.6 Å². The first-order valence-electron chi connectivity index (χ1n) is 11.3. The van der Waals surface area contributed by atoms with Crippen molar-refractivity contribution in [2.24, 2.45) is 5.92 Å². The number of aromatic nitrogens is 1. The molecular formula is C26H28ClN3O3S. The standard InChI is InChI=1S/C26H28ClN3O3S/c1-20-6-2-3-8-22(20)18-29(17-21-7-4-14-28-16-21)26(31)23-9-5-15-30(19-23)34(32,33)25-12-10-24(27)11-13-25/h2-4,6-8,10-14,16,23H,5,9,15,17-19H2,1H3. The molecule has 1 atom stereocenters. The highest BCUT2D eigenvalue weighted by Crippen LogP contribution is 2.27. The lowest BCUT2D eigenvalue weighted by molar-refractivity contribution is -0.138. The van der Waals surface area contributed by atoms with Crippen molar-refractivity contribution >= 4 is 27.5 Å². The molecule has 1 saturated heterocycles. The molecule has 0 saturated carbocycles. The van der Waals surface area contributed by atoms with E-state index in [1.165, 1.54) is 16.4 Å². The van der Waals surface area contributed by atoms with E-state index in [1.54, 1.807) is 24.5 Å². The number of amides is 1. The van der Waals surface area contributed by atoms with E-state index >= 15 is 0 Å². The van der Waals surface area contributed by atoms with Gasteiger partial charge in [-0.05, 0) is 66.8 Å². The van der Waals surface area contributed by atoms with Crippen molar-refractivity contribution < 1.29 is 13.2 Å². The fraction of sp³-hybridized carbons (Fsp3) is 0.308. The average molecular weight is 498 g/mol. The van der Waals surface area contributed by atoms with Gasteiger partial charge in [0.15, 0.2) is 0 Å². The molecule has 8 heteroatoms. The molecule has 0 bridgehead atoms. The Morgan fingerprint density at radius 2 is 1.85 bits per heavy atom. The van der Waals surface area contributed by atoms with Crippen LogP contribution in [0.4, 0.5) is 0 Å². The number of sulfonamides is 1. The van der Waals surface area contributed by atoms with Gasteiger partial charge in [-0.15, -0.1) is 0 Å². The zero-order valence-corrected chi connectivity index (χ0v) is 20.7. The van der Waals surface area contributed by atoms with Crippen molar-refractivity contribution in [3.8, 4) is 0 Å². The van der Waals surface area contributed by atoms with Gasteiger partial charge >= 0.3 is 0 Å². The van der Waals surface area contributed by atoms with E-state index in [2.05, 4.69) is 4.98 Å². The lowest BCUT2D eigenvalue weighted by atomic mass is 9.97. The highest BCUT2D eigenvalue weighted by Gasteiger charge is 2.35. The summed E-state index contributed by atoms with van der Waals surface area (Å²) in [5, 5.41) is 0.480. The van der Waals surface area contributed by atoms with Gasteiger partial charge in [0.1, 0.15) is 0 Å². The number of piperidine rings is 1. The van der Waals surface area contributed by atoms with Gasteiger partial charge in [0, 0.05) is 43.6 Å². The quantitative estimate of drug-likeness (QED) is 0.475. The van der Waals surface area contributed by atoms with E-state index in [4.69, 9.17) is 11.6 Å². The van der Waals surface area contributed by atoms with Crippen LogP contribution in [0.2, 0.25) is 5.02 Å². The molecule has 1 aromatic heterocycles. The Balaban J connectivity index is 1.56. The molecule has 4 rings (SSSR count). The molecule has 0 aliphatic carbocycles. The van der Waals surface area contributed by atoms with Gasteiger partial charge in [-0.1, -0.05) is 41.9 Å². The molecule has 2 aromatic carbocycles. The van der Waals surface area contributed by atoms with E-state index in [0.717, 1.165) is 16.7 Å². The summed E-state index contributed by atoms with van der Waals surface area (Å²) < 4.78 is 27.9. The van der Waals surface area contributed by atoms with Gasteiger partial charge in [0.05, 0.1) is 10.8 Å². The first-order chi connectivity index (χ1) is 16.3. The Hall–Kier alpha value is -2.74. The number of pyridine rings is 1. The zero-order chi connectivity index (χ0) is 24.1. The summed E-state index contributed by atoms with van der Waals surface area (Å²) in [6, 6.07) is 18.0. The van der Waals surface area contributed by atoms with Crippen LogP contribution >= 0.6 is 11.6 Å². The molecule has 2 heterocycles. The number of hydrogen-bond acceptors (Lipinski definition) is 4. The number of carbonyl (C=O) groups is 1. The highest BCUT2D eigenvalue weighted by molar-refractivity contribution is 7.89. The van der Waals surface area contributed by atoms with Crippen LogP contribution in [0, 0.1) is 12.8 Å². The summed E-state index contributed by atoms with van der Waals surface area (Å²) in [5.41, 5.74) is 3.12. The molecule has 3 aromatic rings. The predicted octanol–water partition coefficient (Wildman–Crippen LogP) is 4.67. The van der Waals surface area contributed by atoms with Gasteiger partial charge in [-0.3, -0.25) is 9.78 Å². The van der Waals surface area contributed by atoms with Crippen LogP contribution in [-0.2, 0) is 27.9 Å². The van der Waals surface area contributed by atoms with Gasteiger partial charge in [-0.25, -0.2) is 8.42 Å². The van der Waals surface area contributed by atoms with Crippen molar-refractivity contribution in [3.63, 3.8) is 0 Å². The molecular weight excluding hydrogens is 470 g/mol. The third-order valence-electron chi connectivity index (χ3n) is 6.22. The first kappa shape index (κ1) is 24.4. The van der Waals surface area contributed by atoms with E-state index in [1.807, 2.05) is 48.2 Å². The number of rotatable bonds is 7. The van der Waals surface area contributed by atoms with Crippen molar-refractivity contribution in [1.29, 1.82) is 0 Å². The normalized spacial score (nSPS) is 16.8. The maximum absolute atomic E-state index is 13.7. The largest absolute Gasteiger partial charge is 0.334 e. The average Bonchev–Trinajstić information content (AvgIpc) is 2.85. The van der Waals surface area contributed by atoms with Crippen LogP contribution in [0.25, 0.3) is 0 Å². The van der Waals surface area contributed by atoms with Crippen LogP contribution < -0.4 is 0 Å². The Bertz CT molecular complexity index is 1230. The Labute approximate surface area is 206 Å². The summed E-state index contributed by atoms with van der Waals surface area (Å²) in [6.07, 6.45) is 4.76. The minimum atomic E-state index is -3.70. The second-order valence-corrected chi connectivity index (χ2v) is 11.0. The second-order valence-electron chi connectivity index (χ2n) is 8.64. The van der Waals surface area contributed by atoms with Crippen LogP contribution in [0.15, 0.2) is 78.0 Å². The number of aryl methyl sites for hydroxylation is 1. The summed E-state index contributed by atoms with van der Waals surface area (Å²) in [6.45, 7) is 3.47. The Morgan fingerprint density at radius 3 is 2.56 bits per heavy atom. The van der Waals surface area contributed by atoms with Crippen LogP contribution in [0.3, 0.4) is 0 Å². The van der Waals surface area contributed by atoms with Crippen molar-refractivity contribution in [1.82, 2.24) is 14.2 Å². The van der Waals surface area contributed by atoms with E-state index < -0.39 is 15.9 Å². The number of hydrogen-bond donors (Lipinski definition) is 0. The number of halogens is 1. The molecule has 0 N–H and O–H groups in total. The van der Waals surface area contributed by atoms with Crippen molar-refractivity contribution in [2.45, 2.75) is 37.8 Å². The molecule has 0 radical (unpaired) electrons. The second kappa shape index (κ2) is 10.7. The Morgan fingerprint density at radius 1 is 1.09 bits per heavy atom. The number of carbonyl (C=O) groups excluding carboxylic acids is 1. The monoisotopic (exact) mass is 497 g/mol. The highest BCUT2D eigenvalue weighted by atomic mass is 35.5. The van der Waals surface area contributed by atoms with Crippen LogP contribution in [0.1, 0.15) is 29.5 Å². The molecule has 1 aliphatic rings. The summed E-state index contributed by atoms with van der Waals surface area (Å²) >= 11 is 5.93. The maximum Gasteiger partial charge on any atom is 0.243 e. The fourth-order valence-electron chi connectivity index (χ4n) is 4.29. The third kappa shape index (κ3) is 5.66. The molecule has 1 unspecified atom stereocenters. The summed E-state index contributed by atoms with van der Waals surface area (Å²) in [4.78, 5) is 19.9. The van der Waals surface area contributed by atoms with E-state index in [9.17, 15) is 13.2 Å². The van der Waals surface area contributed by atoms with Gasteiger partial charge in [0.2, 0.25) is 15.9 Å². The van der Waals surface area contributed by atoms with Gasteiger partial charge in [-0.2, -0.15) is 4.31 Å². The Kier molecular flexibility index (Phi) is 7.66. The summed E-state index contributed by atoms with van der Waals surface area (Å²) in [7, 11) is -3.70. The van der Waals surface area contributed by atoms with E-state index in [0.29, 0.717) is 37.5 Å². The lowest BCUT2D eigenvalue weighted by Gasteiger charge is -2.34. The fourth-order valence-corrected chi connectivity index (χ4v) is 5.94. The number of nitrogens with zero attached hydrogens (tertiary/aromatic N) is 3. The third-order valence-corrected chi connectivity index (χ3v) is 8.35.